The molecular formula is C14H24N4O2. The summed E-state index contributed by atoms with van der Waals surface area (Å²) in [7, 11) is 0. The fourth-order valence-corrected chi connectivity index (χ4v) is 2.63. The van der Waals surface area contributed by atoms with Crippen LogP contribution in [0.3, 0.4) is 0 Å². The first-order valence-electron chi connectivity index (χ1n) is 7.61. The topological polar surface area (TPSA) is 68.9 Å². The van der Waals surface area contributed by atoms with Crippen LogP contribution in [0.25, 0.3) is 0 Å². The largest absolute Gasteiger partial charge is 0.352 e. The molecule has 0 saturated carbocycles. The lowest BCUT2D eigenvalue weighted by Crippen LogP contribution is -2.38. The van der Waals surface area contributed by atoms with Gasteiger partial charge in [0.2, 0.25) is 5.91 Å². The molecule has 0 unspecified atom stereocenters. The van der Waals surface area contributed by atoms with Crippen molar-refractivity contribution in [1.82, 2.24) is 19.7 Å². The third kappa shape index (κ3) is 3.29. The molecule has 0 bridgehead atoms. The lowest BCUT2D eigenvalue weighted by atomic mass is 10.2. The summed E-state index contributed by atoms with van der Waals surface area (Å²) in [5, 5.41) is 7.25. The summed E-state index contributed by atoms with van der Waals surface area (Å²) in [6, 6.07) is 0.179. The highest BCUT2D eigenvalue weighted by Gasteiger charge is 2.17. The first-order valence-corrected chi connectivity index (χ1v) is 7.61. The number of nitrogens with zero attached hydrogens (tertiary/aromatic N) is 3. The number of carbonyl (C=O) groups is 1. The van der Waals surface area contributed by atoms with Gasteiger partial charge in [-0.25, -0.2) is 9.48 Å². The van der Waals surface area contributed by atoms with Gasteiger partial charge in [-0.2, -0.15) is 5.10 Å². The van der Waals surface area contributed by atoms with Crippen molar-refractivity contribution >= 4 is 5.91 Å². The molecule has 112 valence electrons. The zero-order chi connectivity index (χ0) is 14.5. The van der Waals surface area contributed by atoms with Gasteiger partial charge in [-0.1, -0.05) is 20.3 Å². The minimum absolute atomic E-state index is 0.0231. The van der Waals surface area contributed by atoms with Crippen LogP contribution in [0.15, 0.2) is 4.79 Å². The van der Waals surface area contributed by atoms with Gasteiger partial charge in [0.25, 0.3) is 0 Å². The third-order valence-corrected chi connectivity index (χ3v) is 3.93. The van der Waals surface area contributed by atoms with Crippen LogP contribution in [0.1, 0.15) is 51.8 Å². The molecule has 0 aromatic carbocycles. The summed E-state index contributed by atoms with van der Waals surface area (Å²) < 4.78 is 3.02. The van der Waals surface area contributed by atoms with Crippen LogP contribution in [-0.4, -0.2) is 26.3 Å². The molecule has 1 N–H and O–H groups in total. The average Bonchev–Trinajstić information content (AvgIpc) is 2.63. The van der Waals surface area contributed by atoms with Crippen molar-refractivity contribution in [1.29, 1.82) is 0 Å². The molecule has 0 fully saturated rings. The van der Waals surface area contributed by atoms with E-state index >= 15 is 0 Å². The van der Waals surface area contributed by atoms with Crippen molar-refractivity contribution in [2.24, 2.45) is 0 Å². The summed E-state index contributed by atoms with van der Waals surface area (Å²) in [5.74, 6) is 0.692. The van der Waals surface area contributed by atoms with E-state index in [1.165, 1.54) is 4.68 Å². The Labute approximate surface area is 119 Å². The number of aryl methyl sites for hydroxylation is 1. The van der Waals surface area contributed by atoms with Gasteiger partial charge < -0.3 is 5.32 Å². The Bertz CT molecular complexity index is 514. The van der Waals surface area contributed by atoms with E-state index < -0.39 is 0 Å². The van der Waals surface area contributed by atoms with E-state index in [2.05, 4.69) is 10.4 Å². The standard InChI is InChI=1S/C14H24N4O2/c1-3-11(4-2)15-13(19)10-18-14(20)17-9-7-5-6-8-12(17)16-18/h11H,3-10H2,1-2H3,(H,15,19). The molecule has 1 amide bonds. The minimum atomic E-state index is -0.151. The SMILES string of the molecule is CCC(CC)NC(=O)Cn1nc2n(c1=O)CCCCC2. The van der Waals surface area contributed by atoms with Crippen LogP contribution in [-0.2, 0) is 24.3 Å². The Morgan fingerprint density at radius 3 is 2.75 bits per heavy atom. The van der Waals surface area contributed by atoms with E-state index in [0.29, 0.717) is 0 Å². The fourth-order valence-electron chi connectivity index (χ4n) is 2.63. The van der Waals surface area contributed by atoms with Gasteiger partial charge in [-0.05, 0) is 25.7 Å². The lowest BCUT2D eigenvalue weighted by molar-refractivity contribution is -0.122. The predicted molar refractivity (Wildman–Crippen MR) is 76.6 cm³/mol. The normalized spacial score (nSPS) is 14.9. The maximum atomic E-state index is 12.2. The second-order valence-electron chi connectivity index (χ2n) is 5.40. The average molecular weight is 280 g/mol. The Morgan fingerprint density at radius 1 is 1.30 bits per heavy atom. The smallest absolute Gasteiger partial charge is 0.346 e. The molecule has 1 aromatic heterocycles. The second kappa shape index (κ2) is 6.72. The van der Waals surface area contributed by atoms with Crippen molar-refractivity contribution in [2.75, 3.05) is 0 Å². The molecule has 0 aliphatic carbocycles. The Morgan fingerprint density at radius 2 is 2.05 bits per heavy atom. The summed E-state index contributed by atoms with van der Waals surface area (Å²) in [6.45, 7) is 4.83. The molecular weight excluding hydrogens is 256 g/mol. The number of fused-ring (bicyclic) bond motifs is 1. The number of carbonyl (C=O) groups excluding carboxylic acids is 1. The molecule has 1 aromatic rings. The van der Waals surface area contributed by atoms with Crippen molar-refractivity contribution in [3.8, 4) is 0 Å². The van der Waals surface area contributed by atoms with Crippen LogP contribution in [0, 0.1) is 0 Å². The molecule has 1 aliphatic heterocycles. The zero-order valence-corrected chi connectivity index (χ0v) is 12.4. The van der Waals surface area contributed by atoms with Gasteiger partial charge in [0, 0.05) is 19.0 Å². The van der Waals surface area contributed by atoms with E-state index in [9.17, 15) is 9.59 Å². The highest BCUT2D eigenvalue weighted by molar-refractivity contribution is 5.75. The molecule has 2 rings (SSSR count). The molecule has 20 heavy (non-hydrogen) atoms. The minimum Gasteiger partial charge on any atom is -0.352 e. The first kappa shape index (κ1) is 14.8. The summed E-state index contributed by atoms with van der Waals surface area (Å²) in [4.78, 5) is 24.2. The van der Waals surface area contributed by atoms with E-state index in [1.807, 2.05) is 13.8 Å². The van der Waals surface area contributed by atoms with Crippen molar-refractivity contribution < 1.29 is 4.79 Å². The second-order valence-corrected chi connectivity index (χ2v) is 5.40. The predicted octanol–water partition coefficient (Wildman–Crippen LogP) is 1.08. The Kier molecular flexibility index (Phi) is 4.98. The number of amides is 1. The molecule has 1 aliphatic rings. The molecule has 0 spiro atoms. The van der Waals surface area contributed by atoms with E-state index in [4.69, 9.17) is 0 Å². The zero-order valence-electron chi connectivity index (χ0n) is 12.4. The number of nitrogens with one attached hydrogen (secondary N) is 1. The van der Waals surface area contributed by atoms with Crippen LogP contribution >= 0.6 is 0 Å². The highest BCUT2D eigenvalue weighted by Crippen LogP contribution is 2.10. The number of rotatable bonds is 5. The lowest BCUT2D eigenvalue weighted by Gasteiger charge is -2.14. The number of hydrogen-bond donors (Lipinski definition) is 1. The van der Waals surface area contributed by atoms with Crippen LogP contribution in [0.5, 0.6) is 0 Å². The van der Waals surface area contributed by atoms with Gasteiger partial charge in [0.1, 0.15) is 12.4 Å². The fraction of sp³-hybridized carbons (Fsp3) is 0.786. The molecule has 2 heterocycles. The van der Waals surface area contributed by atoms with Crippen molar-refractivity contribution in [3.05, 3.63) is 16.3 Å². The van der Waals surface area contributed by atoms with Gasteiger partial charge >= 0.3 is 5.69 Å². The van der Waals surface area contributed by atoms with E-state index in [0.717, 1.165) is 50.9 Å². The molecule has 6 nitrogen and oxygen atoms in total. The Balaban J connectivity index is 2.07. The number of aromatic nitrogens is 3. The summed E-state index contributed by atoms with van der Waals surface area (Å²) in [6.07, 6.45) is 5.84. The van der Waals surface area contributed by atoms with Gasteiger partial charge in [0.15, 0.2) is 0 Å². The first-order chi connectivity index (χ1) is 9.65. The maximum Gasteiger partial charge on any atom is 0.346 e. The molecule has 0 saturated heterocycles. The summed E-state index contributed by atoms with van der Waals surface area (Å²) in [5.41, 5.74) is -0.151. The highest BCUT2D eigenvalue weighted by atomic mass is 16.2. The van der Waals surface area contributed by atoms with E-state index in [1.54, 1.807) is 4.57 Å². The van der Waals surface area contributed by atoms with Crippen molar-refractivity contribution in [3.63, 3.8) is 0 Å². The van der Waals surface area contributed by atoms with Crippen LogP contribution < -0.4 is 11.0 Å². The van der Waals surface area contributed by atoms with Crippen LogP contribution in [0.2, 0.25) is 0 Å². The Hall–Kier alpha value is -1.59. The van der Waals surface area contributed by atoms with Gasteiger partial charge in [0.05, 0.1) is 0 Å². The molecule has 0 atom stereocenters. The molecule has 0 radical (unpaired) electrons. The van der Waals surface area contributed by atoms with Gasteiger partial charge in [-0.3, -0.25) is 9.36 Å². The quantitative estimate of drug-likeness (QED) is 0.877. The third-order valence-electron chi connectivity index (χ3n) is 3.93. The van der Waals surface area contributed by atoms with E-state index in [-0.39, 0.29) is 24.2 Å². The maximum absolute atomic E-state index is 12.2. The van der Waals surface area contributed by atoms with Crippen LogP contribution in [0.4, 0.5) is 0 Å². The van der Waals surface area contributed by atoms with Gasteiger partial charge in [-0.15, -0.1) is 0 Å². The summed E-state index contributed by atoms with van der Waals surface area (Å²) >= 11 is 0. The molecule has 6 heteroatoms. The van der Waals surface area contributed by atoms with Crippen molar-refractivity contribution in [2.45, 2.75) is 71.5 Å². The monoisotopic (exact) mass is 280 g/mol. The number of hydrogen-bond acceptors (Lipinski definition) is 3.